The van der Waals surface area contributed by atoms with Crippen molar-refractivity contribution in [3.63, 3.8) is 0 Å². The Morgan fingerprint density at radius 3 is 2.63 bits per heavy atom. The van der Waals surface area contributed by atoms with Gasteiger partial charge in [-0.1, -0.05) is 50.6 Å². The Labute approximate surface area is 118 Å². The molecule has 1 aliphatic rings. The molecule has 0 radical (unpaired) electrons. The maximum atomic E-state index is 3.72. The standard InChI is InChI=1S/C17H28N2/c1-4-9-14(3)19-13-17(18-12-16(19)5-2)15-10-7-6-8-11-15/h6-8,10-11,14,16-18H,4-5,9,12-13H2,1-3H3. The molecular formula is C17H28N2. The third-order valence-electron chi connectivity index (χ3n) is 4.41. The lowest BCUT2D eigenvalue weighted by Gasteiger charge is -2.43. The van der Waals surface area contributed by atoms with Crippen molar-refractivity contribution in [3.8, 4) is 0 Å². The first-order chi connectivity index (χ1) is 9.26. The van der Waals surface area contributed by atoms with Crippen molar-refractivity contribution in [2.24, 2.45) is 0 Å². The Kier molecular flexibility index (Phi) is 5.41. The van der Waals surface area contributed by atoms with E-state index in [2.05, 4.69) is 61.3 Å². The van der Waals surface area contributed by atoms with E-state index in [9.17, 15) is 0 Å². The van der Waals surface area contributed by atoms with E-state index in [0.717, 1.165) is 13.1 Å². The highest BCUT2D eigenvalue weighted by molar-refractivity contribution is 5.20. The fourth-order valence-corrected chi connectivity index (χ4v) is 3.23. The fourth-order valence-electron chi connectivity index (χ4n) is 3.23. The lowest BCUT2D eigenvalue weighted by molar-refractivity contribution is 0.0817. The second-order valence-electron chi connectivity index (χ2n) is 5.77. The van der Waals surface area contributed by atoms with Crippen LogP contribution in [0.1, 0.15) is 51.6 Å². The minimum absolute atomic E-state index is 0.489. The highest BCUT2D eigenvalue weighted by Gasteiger charge is 2.30. The predicted molar refractivity (Wildman–Crippen MR) is 82.3 cm³/mol. The van der Waals surface area contributed by atoms with Crippen LogP contribution in [0.2, 0.25) is 0 Å². The Bertz CT molecular complexity index is 363. The normalized spacial score (nSPS) is 26.3. The number of nitrogens with zero attached hydrogens (tertiary/aromatic N) is 1. The molecular weight excluding hydrogens is 232 g/mol. The van der Waals surface area contributed by atoms with Crippen molar-refractivity contribution in [1.82, 2.24) is 10.2 Å². The summed E-state index contributed by atoms with van der Waals surface area (Å²) in [5.74, 6) is 0. The van der Waals surface area contributed by atoms with Crippen molar-refractivity contribution in [2.45, 2.75) is 58.2 Å². The number of nitrogens with one attached hydrogen (secondary N) is 1. The van der Waals surface area contributed by atoms with Gasteiger partial charge in [-0.15, -0.1) is 0 Å². The van der Waals surface area contributed by atoms with Crippen LogP contribution in [0.4, 0.5) is 0 Å². The molecule has 0 amide bonds. The summed E-state index contributed by atoms with van der Waals surface area (Å²) in [7, 11) is 0. The van der Waals surface area contributed by atoms with Gasteiger partial charge in [-0.2, -0.15) is 0 Å². The van der Waals surface area contributed by atoms with Crippen LogP contribution in [0, 0.1) is 0 Å². The van der Waals surface area contributed by atoms with Crippen molar-refractivity contribution in [1.29, 1.82) is 0 Å². The zero-order valence-corrected chi connectivity index (χ0v) is 12.6. The summed E-state index contributed by atoms with van der Waals surface area (Å²) >= 11 is 0. The van der Waals surface area contributed by atoms with Gasteiger partial charge in [0.1, 0.15) is 0 Å². The zero-order valence-electron chi connectivity index (χ0n) is 12.6. The van der Waals surface area contributed by atoms with E-state index in [0.29, 0.717) is 18.1 Å². The van der Waals surface area contributed by atoms with E-state index in [-0.39, 0.29) is 0 Å². The van der Waals surface area contributed by atoms with Crippen LogP contribution >= 0.6 is 0 Å². The topological polar surface area (TPSA) is 15.3 Å². The maximum Gasteiger partial charge on any atom is 0.0450 e. The molecule has 2 nitrogen and oxygen atoms in total. The third-order valence-corrected chi connectivity index (χ3v) is 4.41. The molecule has 0 aliphatic carbocycles. The largest absolute Gasteiger partial charge is 0.307 e. The van der Waals surface area contributed by atoms with Crippen LogP contribution in [-0.4, -0.2) is 30.1 Å². The fraction of sp³-hybridized carbons (Fsp3) is 0.647. The molecule has 1 aromatic rings. The molecule has 1 aromatic carbocycles. The summed E-state index contributed by atoms with van der Waals surface area (Å²) < 4.78 is 0. The molecule has 0 saturated carbocycles. The van der Waals surface area contributed by atoms with Gasteiger partial charge in [0.05, 0.1) is 0 Å². The summed E-state index contributed by atoms with van der Waals surface area (Å²) in [6.07, 6.45) is 3.82. The number of benzene rings is 1. The molecule has 0 bridgehead atoms. The quantitative estimate of drug-likeness (QED) is 0.870. The van der Waals surface area contributed by atoms with Gasteiger partial charge in [0.2, 0.25) is 0 Å². The van der Waals surface area contributed by atoms with Gasteiger partial charge in [0, 0.05) is 31.2 Å². The summed E-state index contributed by atoms with van der Waals surface area (Å²) in [5.41, 5.74) is 1.42. The van der Waals surface area contributed by atoms with E-state index in [1.165, 1.54) is 24.8 Å². The first kappa shape index (κ1) is 14.5. The number of hydrogen-bond acceptors (Lipinski definition) is 2. The number of hydrogen-bond donors (Lipinski definition) is 1. The van der Waals surface area contributed by atoms with Gasteiger partial charge in [0.25, 0.3) is 0 Å². The van der Waals surface area contributed by atoms with E-state index in [4.69, 9.17) is 0 Å². The number of rotatable bonds is 5. The summed E-state index contributed by atoms with van der Waals surface area (Å²) in [6.45, 7) is 9.24. The van der Waals surface area contributed by atoms with Crippen molar-refractivity contribution >= 4 is 0 Å². The van der Waals surface area contributed by atoms with Gasteiger partial charge in [-0.25, -0.2) is 0 Å². The molecule has 2 heteroatoms. The molecule has 0 spiro atoms. The van der Waals surface area contributed by atoms with Crippen molar-refractivity contribution in [3.05, 3.63) is 35.9 Å². The molecule has 0 aromatic heterocycles. The Morgan fingerprint density at radius 1 is 1.26 bits per heavy atom. The summed E-state index contributed by atoms with van der Waals surface area (Å²) in [5, 5.41) is 3.72. The van der Waals surface area contributed by atoms with Crippen LogP contribution in [0.25, 0.3) is 0 Å². The average molecular weight is 260 g/mol. The molecule has 1 saturated heterocycles. The predicted octanol–water partition coefficient (Wildman–Crippen LogP) is 3.60. The molecule has 2 rings (SSSR count). The van der Waals surface area contributed by atoms with Crippen LogP contribution < -0.4 is 5.32 Å². The van der Waals surface area contributed by atoms with Crippen LogP contribution in [0.15, 0.2) is 30.3 Å². The Morgan fingerprint density at radius 2 is 2.00 bits per heavy atom. The van der Waals surface area contributed by atoms with E-state index in [1.807, 2.05) is 0 Å². The summed E-state index contributed by atoms with van der Waals surface area (Å²) in [6, 6.07) is 12.7. The molecule has 1 aliphatic heterocycles. The first-order valence-corrected chi connectivity index (χ1v) is 7.80. The lowest BCUT2D eigenvalue weighted by Crippen LogP contribution is -2.55. The van der Waals surface area contributed by atoms with Gasteiger partial charge >= 0.3 is 0 Å². The molecule has 19 heavy (non-hydrogen) atoms. The third kappa shape index (κ3) is 3.58. The van der Waals surface area contributed by atoms with Gasteiger partial charge in [-0.3, -0.25) is 4.90 Å². The van der Waals surface area contributed by atoms with Gasteiger partial charge in [-0.05, 0) is 25.3 Å². The first-order valence-electron chi connectivity index (χ1n) is 7.80. The van der Waals surface area contributed by atoms with Crippen LogP contribution in [0.5, 0.6) is 0 Å². The van der Waals surface area contributed by atoms with Crippen LogP contribution in [0.3, 0.4) is 0 Å². The minimum Gasteiger partial charge on any atom is -0.307 e. The average Bonchev–Trinajstić information content (AvgIpc) is 2.47. The SMILES string of the molecule is CCCC(C)N1CC(c2ccccc2)NCC1CC. The van der Waals surface area contributed by atoms with Crippen LogP contribution in [-0.2, 0) is 0 Å². The van der Waals surface area contributed by atoms with Gasteiger partial charge < -0.3 is 5.32 Å². The Hall–Kier alpha value is -0.860. The van der Waals surface area contributed by atoms with E-state index >= 15 is 0 Å². The summed E-state index contributed by atoms with van der Waals surface area (Å²) in [4.78, 5) is 2.72. The van der Waals surface area contributed by atoms with E-state index < -0.39 is 0 Å². The molecule has 106 valence electrons. The molecule has 3 unspecified atom stereocenters. The van der Waals surface area contributed by atoms with Crippen molar-refractivity contribution in [2.75, 3.05) is 13.1 Å². The molecule has 3 atom stereocenters. The second-order valence-corrected chi connectivity index (χ2v) is 5.77. The Balaban J connectivity index is 2.07. The highest BCUT2D eigenvalue weighted by Crippen LogP contribution is 2.24. The second kappa shape index (κ2) is 7.06. The molecule has 1 fully saturated rings. The monoisotopic (exact) mass is 260 g/mol. The highest BCUT2D eigenvalue weighted by atomic mass is 15.2. The zero-order chi connectivity index (χ0) is 13.7. The smallest absolute Gasteiger partial charge is 0.0450 e. The molecule has 1 heterocycles. The van der Waals surface area contributed by atoms with Gasteiger partial charge in [0.15, 0.2) is 0 Å². The maximum absolute atomic E-state index is 3.72. The van der Waals surface area contributed by atoms with E-state index in [1.54, 1.807) is 0 Å². The van der Waals surface area contributed by atoms with Crippen molar-refractivity contribution < 1.29 is 0 Å². The minimum atomic E-state index is 0.489. The molecule has 1 N–H and O–H groups in total. The lowest BCUT2D eigenvalue weighted by atomic mass is 9.98. The number of piperazine rings is 1.